The number of hydrogen-bond acceptors (Lipinski definition) is 4. The van der Waals surface area contributed by atoms with Crippen LogP contribution in [0.1, 0.15) is 90.5 Å². The van der Waals surface area contributed by atoms with E-state index in [4.69, 9.17) is 4.74 Å². The number of carbonyl (C=O) groups is 1. The summed E-state index contributed by atoms with van der Waals surface area (Å²) in [6, 6.07) is 17.2. The summed E-state index contributed by atoms with van der Waals surface area (Å²) in [4.78, 5) is 21.0. The predicted molar refractivity (Wildman–Crippen MR) is 149 cm³/mol. The normalized spacial score (nSPS) is 11.9. The average molecular weight is 487 g/mol. The van der Waals surface area contributed by atoms with Crippen molar-refractivity contribution in [2.45, 2.75) is 91.4 Å². The molecule has 192 valence electrons. The SMILES string of the molecule is CCCCCCc1ccc(-c2ccc(-c3ncc(OC(=O)CCCC(C)CCCC)cn3)cc2)cc1. The van der Waals surface area contributed by atoms with Crippen LogP contribution in [0.3, 0.4) is 0 Å². The number of rotatable bonds is 15. The number of esters is 1. The third-order valence-electron chi connectivity index (χ3n) is 6.74. The van der Waals surface area contributed by atoms with E-state index in [0.29, 0.717) is 23.9 Å². The number of nitrogens with zero attached hydrogens (tertiary/aromatic N) is 2. The van der Waals surface area contributed by atoms with Crippen LogP contribution in [-0.2, 0) is 11.2 Å². The number of aryl methyl sites for hydroxylation is 1. The number of aromatic nitrogens is 2. The summed E-state index contributed by atoms with van der Waals surface area (Å²) in [6.07, 6.45) is 15.5. The molecule has 0 amide bonds. The van der Waals surface area contributed by atoms with Gasteiger partial charge in [0.25, 0.3) is 0 Å². The highest BCUT2D eigenvalue weighted by Crippen LogP contribution is 2.24. The van der Waals surface area contributed by atoms with Crippen LogP contribution >= 0.6 is 0 Å². The van der Waals surface area contributed by atoms with Crippen molar-refractivity contribution in [3.63, 3.8) is 0 Å². The molecule has 4 heteroatoms. The van der Waals surface area contributed by atoms with Crippen LogP contribution in [0.25, 0.3) is 22.5 Å². The van der Waals surface area contributed by atoms with Gasteiger partial charge in [-0.1, -0.05) is 114 Å². The molecule has 0 aliphatic rings. The molecule has 0 fully saturated rings. The summed E-state index contributed by atoms with van der Waals surface area (Å²) in [5.74, 6) is 1.46. The monoisotopic (exact) mass is 486 g/mol. The third kappa shape index (κ3) is 9.22. The lowest BCUT2D eigenvalue weighted by Crippen LogP contribution is -2.09. The van der Waals surface area contributed by atoms with E-state index in [1.54, 1.807) is 12.4 Å². The second-order valence-corrected chi connectivity index (χ2v) is 9.94. The fraction of sp³-hybridized carbons (Fsp3) is 0.469. The van der Waals surface area contributed by atoms with Gasteiger partial charge in [0.05, 0.1) is 12.4 Å². The number of benzene rings is 2. The van der Waals surface area contributed by atoms with Crippen molar-refractivity contribution in [3.05, 3.63) is 66.5 Å². The maximum Gasteiger partial charge on any atom is 0.311 e. The van der Waals surface area contributed by atoms with Gasteiger partial charge in [-0.25, -0.2) is 9.97 Å². The van der Waals surface area contributed by atoms with Crippen molar-refractivity contribution in [2.75, 3.05) is 0 Å². The minimum absolute atomic E-state index is 0.217. The molecule has 0 saturated heterocycles. The third-order valence-corrected chi connectivity index (χ3v) is 6.74. The van der Waals surface area contributed by atoms with Crippen molar-refractivity contribution in [1.29, 1.82) is 0 Å². The zero-order valence-corrected chi connectivity index (χ0v) is 22.3. The first-order chi connectivity index (χ1) is 17.6. The predicted octanol–water partition coefficient (Wildman–Crippen LogP) is 8.84. The van der Waals surface area contributed by atoms with Gasteiger partial charge in [-0.3, -0.25) is 4.79 Å². The van der Waals surface area contributed by atoms with Crippen LogP contribution in [0.4, 0.5) is 0 Å². The molecule has 1 aromatic heterocycles. The summed E-state index contributed by atoms with van der Waals surface area (Å²) >= 11 is 0. The minimum Gasteiger partial charge on any atom is -0.423 e. The lowest BCUT2D eigenvalue weighted by atomic mass is 9.98. The van der Waals surface area contributed by atoms with E-state index in [9.17, 15) is 4.79 Å². The zero-order valence-electron chi connectivity index (χ0n) is 22.3. The Kier molecular flexibility index (Phi) is 11.6. The molecule has 1 atom stereocenters. The molecule has 3 rings (SSSR count). The van der Waals surface area contributed by atoms with Crippen molar-refractivity contribution in [2.24, 2.45) is 5.92 Å². The fourth-order valence-corrected chi connectivity index (χ4v) is 4.42. The fourth-order valence-electron chi connectivity index (χ4n) is 4.42. The van der Waals surface area contributed by atoms with E-state index in [1.807, 2.05) is 12.1 Å². The molecule has 0 aliphatic carbocycles. The molecule has 2 aromatic carbocycles. The Labute approximate surface area is 217 Å². The molecule has 3 aromatic rings. The highest BCUT2D eigenvalue weighted by Gasteiger charge is 2.09. The lowest BCUT2D eigenvalue weighted by molar-refractivity contribution is -0.134. The Morgan fingerprint density at radius 3 is 1.97 bits per heavy atom. The van der Waals surface area contributed by atoms with E-state index in [2.05, 4.69) is 67.1 Å². The van der Waals surface area contributed by atoms with Gasteiger partial charge < -0.3 is 4.74 Å². The van der Waals surface area contributed by atoms with E-state index in [1.165, 1.54) is 61.6 Å². The number of hydrogen-bond donors (Lipinski definition) is 0. The molecule has 0 N–H and O–H groups in total. The molecular weight excluding hydrogens is 444 g/mol. The Hall–Kier alpha value is -3.01. The summed E-state index contributed by atoms with van der Waals surface area (Å²) in [5, 5.41) is 0. The second-order valence-electron chi connectivity index (χ2n) is 9.94. The Bertz CT molecular complexity index is 1030. The molecule has 36 heavy (non-hydrogen) atoms. The Morgan fingerprint density at radius 2 is 1.33 bits per heavy atom. The van der Waals surface area contributed by atoms with Crippen LogP contribution in [-0.4, -0.2) is 15.9 Å². The van der Waals surface area contributed by atoms with Gasteiger partial charge in [0.2, 0.25) is 0 Å². The zero-order chi connectivity index (χ0) is 25.6. The minimum atomic E-state index is -0.217. The summed E-state index contributed by atoms with van der Waals surface area (Å²) < 4.78 is 5.43. The topological polar surface area (TPSA) is 52.1 Å². The van der Waals surface area contributed by atoms with E-state index >= 15 is 0 Å². The Balaban J connectivity index is 1.48. The second kappa shape index (κ2) is 15.2. The first-order valence-electron chi connectivity index (χ1n) is 13.8. The molecule has 0 radical (unpaired) electrons. The highest BCUT2D eigenvalue weighted by atomic mass is 16.5. The smallest absolute Gasteiger partial charge is 0.311 e. The van der Waals surface area contributed by atoms with Crippen molar-refractivity contribution < 1.29 is 9.53 Å². The van der Waals surface area contributed by atoms with Gasteiger partial charge in [-0.15, -0.1) is 0 Å². The van der Waals surface area contributed by atoms with Gasteiger partial charge in [-0.2, -0.15) is 0 Å². The first-order valence-corrected chi connectivity index (χ1v) is 13.8. The number of carbonyl (C=O) groups excluding carboxylic acids is 1. The summed E-state index contributed by atoms with van der Waals surface area (Å²) in [7, 11) is 0. The Morgan fingerprint density at radius 1 is 0.750 bits per heavy atom. The van der Waals surface area contributed by atoms with Gasteiger partial charge >= 0.3 is 5.97 Å². The molecular formula is C32H42N2O2. The average Bonchev–Trinajstić information content (AvgIpc) is 2.91. The molecule has 1 heterocycles. The van der Waals surface area contributed by atoms with Crippen LogP contribution in [0.5, 0.6) is 5.75 Å². The summed E-state index contributed by atoms with van der Waals surface area (Å²) in [6.45, 7) is 6.71. The molecule has 1 unspecified atom stereocenters. The highest BCUT2D eigenvalue weighted by molar-refractivity contribution is 5.72. The van der Waals surface area contributed by atoms with Crippen LogP contribution in [0.15, 0.2) is 60.9 Å². The van der Waals surface area contributed by atoms with Gasteiger partial charge in [0.1, 0.15) is 0 Å². The summed E-state index contributed by atoms with van der Waals surface area (Å²) in [5.41, 5.74) is 4.72. The van der Waals surface area contributed by atoms with Crippen molar-refractivity contribution >= 4 is 5.97 Å². The van der Waals surface area contributed by atoms with Crippen LogP contribution < -0.4 is 4.74 Å². The number of unbranched alkanes of at least 4 members (excludes halogenated alkanes) is 4. The molecule has 0 saturated carbocycles. The van der Waals surface area contributed by atoms with Gasteiger partial charge in [0, 0.05) is 12.0 Å². The largest absolute Gasteiger partial charge is 0.423 e. The standard InChI is InChI=1S/C32H42N2O2/c1-4-6-8-9-13-26-15-17-27(18-16-26)28-19-21-29(22-20-28)32-33-23-30(24-34-32)36-31(35)14-10-12-25(3)11-7-5-2/h15-25H,4-14H2,1-3H3. The van der Waals surface area contributed by atoms with E-state index in [0.717, 1.165) is 24.8 Å². The maximum absolute atomic E-state index is 12.2. The van der Waals surface area contributed by atoms with Crippen molar-refractivity contribution in [3.8, 4) is 28.3 Å². The molecule has 0 bridgehead atoms. The quantitative estimate of drug-likeness (QED) is 0.159. The van der Waals surface area contributed by atoms with Gasteiger partial charge in [0.15, 0.2) is 11.6 Å². The van der Waals surface area contributed by atoms with Crippen LogP contribution in [0, 0.1) is 5.92 Å². The number of ether oxygens (including phenoxy) is 1. The van der Waals surface area contributed by atoms with E-state index < -0.39 is 0 Å². The van der Waals surface area contributed by atoms with Crippen LogP contribution in [0.2, 0.25) is 0 Å². The maximum atomic E-state index is 12.2. The van der Waals surface area contributed by atoms with Crippen molar-refractivity contribution in [1.82, 2.24) is 9.97 Å². The molecule has 0 spiro atoms. The lowest BCUT2D eigenvalue weighted by Gasteiger charge is -2.10. The molecule has 0 aliphatic heterocycles. The van der Waals surface area contributed by atoms with Gasteiger partial charge in [-0.05, 0) is 41.9 Å². The first kappa shape index (κ1) is 27.6. The molecule has 4 nitrogen and oxygen atoms in total. The van der Waals surface area contributed by atoms with E-state index in [-0.39, 0.29) is 5.97 Å².